The van der Waals surface area contributed by atoms with E-state index in [4.69, 9.17) is 11.5 Å². The van der Waals surface area contributed by atoms with Gasteiger partial charge in [0.15, 0.2) is 0 Å². The summed E-state index contributed by atoms with van der Waals surface area (Å²) < 4.78 is 0. The lowest BCUT2D eigenvalue weighted by molar-refractivity contribution is 0.303. The van der Waals surface area contributed by atoms with Crippen LogP contribution in [0.5, 0.6) is 11.5 Å². The van der Waals surface area contributed by atoms with Crippen molar-refractivity contribution < 1.29 is 10.2 Å². The molecule has 4 heteroatoms. The second-order valence-electron chi connectivity index (χ2n) is 8.94. The molecule has 2 fully saturated rings. The first-order valence-corrected chi connectivity index (χ1v) is 11.1. The first kappa shape index (κ1) is 19.5. The molecule has 2 aromatic carbocycles. The molecule has 2 aliphatic carbocycles. The molecule has 2 aliphatic rings. The third-order valence-corrected chi connectivity index (χ3v) is 7.23. The number of fused-ring (bicyclic) bond motifs is 1. The molecule has 28 heavy (non-hydrogen) atoms. The lowest BCUT2D eigenvalue weighted by Crippen LogP contribution is -2.24. The van der Waals surface area contributed by atoms with E-state index in [0.29, 0.717) is 11.8 Å². The van der Waals surface area contributed by atoms with Crippen LogP contribution in [-0.2, 0) is 0 Å². The molecule has 0 spiro atoms. The third kappa shape index (κ3) is 3.60. The second kappa shape index (κ2) is 8.30. The normalized spacial score (nSPS) is 21.6. The Kier molecular flexibility index (Phi) is 5.79. The molecule has 2 aromatic rings. The molecule has 0 saturated heterocycles. The van der Waals surface area contributed by atoms with Gasteiger partial charge in [0.25, 0.3) is 0 Å². The van der Waals surface area contributed by atoms with Gasteiger partial charge in [-0.15, -0.1) is 0 Å². The van der Waals surface area contributed by atoms with Crippen LogP contribution >= 0.6 is 0 Å². The van der Waals surface area contributed by atoms with Crippen LogP contribution in [-0.4, -0.2) is 10.2 Å². The number of hydrogen-bond acceptors (Lipinski definition) is 4. The van der Waals surface area contributed by atoms with Gasteiger partial charge in [-0.05, 0) is 55.0 Å². The minimum Gasteiger partial charge on any atom is -0.508 e. The molecule has 2 unspecified atom stereocenters. The van der Waals surface area contributed by atoms with E-state index < -0.39 is 0 Å². The largest absolute Gasteiger partial charge is 0.508 e. The van der Waals surface area contributed by atoms with Crippen molar-refractivity contribution in [2.45, 2.75) is 76.3 Å². The van der Waals surface area contributed by atoms with Crippen molar-refractivity contribution in [2.24, 2.45) is 23.3 Å². The highest BCUT2D eigenvalue weighted by molar-refractivity contribution is 5.94. The summed E-state index contributed by atoms with van der Waals surface area (Å²) in [5.74, 6) is 1.30. The Hall–Kier alpha value is -1.78. The van der Waals surface area contributed by atoms with E-state index in [9.17, 15) is 10.2 Å². The Labute approximate surface area is 167 Å². The van der Waals surface area contributed by atoms with Gasteiger partial charge in [0.2, 0.25) is 0 Å². The highest BCUT2D eigenvalue weighted by Gasteiger charge is 2.28. The van der Waals surface area contributed by atoms with Gasteiger partial charge in [0, 0.05) is 28.6 Å². The molecule has 4 nitrogen and oxygen atoms in total. The molecule has 2 saturated carbocycles. The third-order valence-electron chi connectivity index (χ3n) is 7.23. The van der Waals surface area contributed by atoms with E-state index in [1.165, 1.54) is 38.5 Å². The molecule has 6 N–H and O–H groups in total. The zero-order valence-corrected chi connectivity index (χ0v) is 16.7. The Morgan fingerprint density at radius 1 is 0.679 bits per heavy atom. The van der Waals surface area contributed by atoms with Crippen molar-refractivity contribution in [3.8, 4) is 11.5 Å². The fraction of sp³-hybridized carbons (Fsp3) is 0.583. The molecular weight excluding hydrogens is 348 g/mol. The number of hydrogen-bond donors (Lipinski definition) is 4. The van der Waals surface area contributed by atoms with Crippen LogP contribution in [0.2, 0.25) is 0 Å². The minimum absolute atomic E-state index is 0.144. The first-order chi connectivity index (χ1) is 13.6. The van der Waals surface area contributed by atoms with Gasteiger partial charge in [0.05, 0.1) is 0 Å². The predicted molar refractivity (Wildman–Crippen MR) is 114 cm³/mol. The summed E-state index contributed by atoms with van der Waals surface area (Å²) in [5, 5.41) is 23.3. The highest BCUT2D eigenvalue weighted by Crippen LogP contribution is 2.44. The van der Waals surface area contributed by atoms with E-state index in [1.54, 1.807) is 12.1 Å². The minimum atomic E-state index is -0.207. The van der Waals surface area contributed by atoms with Crippen LogP contribution in [0, 0.1) is 11.8 Å². The van der Waals surface area contributed by atoms with E-state index >= 15 is 0 Å². The van der Waals surface area contributed by atoms with Gasteiger partial charge < -0.3 is 21.7 Å². The van der Waals surface area contributed by atoms with Crippen LogP contribution in [0.25, 0.3) is 10.8 Å². The van der Waals surface area contributed by atoms with Gasteiger partial charge in [-0.1, -0.05) is 50.7 Å². The fourth-order valence-electron chi connectivity index (χ4n) is 5.51. The molecule has 4 rings (SSSR count). The van der Waals surface area contributed by atoms with Gasteiger partial charge in [-0.2, -0.15) is 0 Å². The maximum absolute atomic E-state index is 11.1. The second-order valence-corrected chi connectivity index (χ2v) is 8.94. The Balaban J connectivity index is 1.72. The Morgan fingerprint density at radius 2 is 1.21 bits per heavy atom. The molecule has 0 aliphatic heterocycles. The number of phenolic OH excluding ortho intramolecular Hbond substituents is 2. The van der Waals surface area contributed by atoms with Crippen LogP contribution in [0.4, 0.5) is 0 Å². The Bertz CT molecular complexity index is 823. The Morgan fingerprint density at radius 3 is 1.82 bits per heavy atom. The van der Waals surface area contributed by atoms with Crippen LogP contribution in [0.15, 0.2) is 24.3 Å². The number of aromatic hydroxyl groups is 2. The zero-order chi connectivity index (χ0) is 19.7. The van der Waals surface area contributed by atoms with E-state index in [2.05, 4.69) is 0 Å². The average Bonchev–Trinajstić information content (AvgIpc) is 2.74. The van der Waals surface area contributed by atoms with Crippen molar-refractivity contribution in [2.75, 3.05) is 0 Å². The smallest absolute Gasteiger partial charge is 0.128 e. The summed E-state index contributed by atoms with van der Waals surface area (Å²) >= 11 is 0. The maximum atomic E-state index is 11.1. The monoisotopic (exact) mass is 382 g/mol. The molecule has 152 valence electrons. The topological polar surface area (TPSA) is 92.5 Å². The number of rotatable bonds is 4. The van der Waals surface area contributed by atoms with Gasteiger partial charge in [0.1, 0.15) is 11.5 Å². The summed E-state index contributed by atoms with van der Waals surface area (Å²) in [5.41, 5.74) is 14.8. The fourth-order valence-corrected chi connectivity index (χ4v) is 5.51. The molecular formula is C24H34N2O2. The molecule has 2 atom stereocenters. The van der Waals surface area contributed by atoms with Crippen molar-refractivity contribution in [3.05, 3.63) is 35.4 Å². The van der Waals surface area contributed by atoms with Gasteiger partial charge in [-0.3, -0.25) is 0 Å². The number of benzene rings is 2. The molecule has 0 amide bonds. The summed E-state index contributed by atoms with van der Waals surface area (Å²) in [6.45, 7) is 0. The van der Waals surface area contributed by atoms with Crippen molar-refractivity contribution in [3.63, 3.8) is 0 Å². The van der Waals surface area contributed by atoms with Crippen LogP contribution in [0.3, 0.4) is 0 Å². The van der Waals surface area contributed by atoms with Crippen molar-refractivity contribution in [1.29, 1.82) is 0 Å². The molecule has 0 radical (unpaired) electrons. The predicted octanol–water partition coefficient (Wildman–Crippen LogP) is 5.41. The van der Waals surface area contributed by atoms with Gasteiger partial charge in [-0.25, -0.2) is 0 Å². The standard InChI is InChI=1S/C24H34N2O2/c25-22(15-7-3-1-4-8-15)19-12-11-17-18(24(19)28)13-14-20(27)21(17)23(26)16-9-5-2-6-10-16/h11-16,22-23,27-28H,1-10,25-26H2. The summed E-state index contributed by atoms with van der Waals surface area (Å²) in [7, 11) is 0. The number of nitrogens with two attached hydrogens (primary N) is 2. The van der Waals surface area contributed by atoms with Crippen molar-refractivity contribution in [1.82, 2.24) is 0 Å². The zero-order valence-electron chi connectivity index (χ0n) is 16.7. The maximum Gasteiger partial charge on any atom is 0.128 e. The highest BCUT2D eigenvalue weighted by atomic mass is 16.3. The molecule has 0 heterocycles. The van der Waals surface area contributed by atoms with Crippen LogP contribution < -0.4 is 11.5 Å². The van der Waals surface area contributed by atoms with E-state index in [0.717, 1.165) is 47.6 Å². The average molecular weight is 383 g/mol. The molecule has 0 aromatic heterocycles. The molecule has 0 bridgehead atoms. The summed E-state index contributed by atoms with van der Waals surface area (Å²) in [4.78, 5) is 0. The van der Waals surface area contributed by atoms with E-state index in [-0.39, 0.29) is 23.6 Å². The SMILES string of the molecule is NC(c1ccc2c(C(N)C3CCCCC3)c(O)ccc2c1O)C1CCCCC1. The number of phenols is 2. The van der Waals surface area contributed by atoms with Gasteiger partial charge >= 0.3 is 0 Å². The summed E-state index contributed by atoms with van der Waals surface area (Å²) in [6.07, 6.45) is 11.9. The summed E-state index contributed by atoms with van der Waals surface area (Å²) in [6, 6.07) is 7.08. The van der Waals surface area contributed by atoms with Crippen molar-refractivity contribution >= 4 is 10.8 Å². The van der Waals surface area contributed by atoms with E-state index in [1.807, 2.05) is 12.1 Å². The first-order valence-electron chi connectivity index (χ1n) is 11.1. The quantitative estimate of drug-likeness (QED) is 0.569. The lowest BCUT2D eigenvalue weighted by atomic mass is 9.79. The van der Waals surface area contributed by atoms with Crippen LogP contribution in [0.1, 0.15) is 87.4 Å². The lowest BCUT2D eigenvalue weighted by Gasteiger charge is -2.30.